The number of rotatable bonds is 7. The molecule has 2 aromatic rings. The molecule has 0 aliphatic rings. The Hall–Kier alpha value is -2.67. The van der Waals surface area contributed by atoms with Crippen molar-refractivity contribution in [2.24, 2.45) is 0 Å². The number of hydrogen-bond donors (Lipinski definition) is 1. The van der Waals surface area contributed by atoms with Gasteiger partial charge in [0.25, 0.3) is 11.8 Å². The van der Waals surface area contributed by atoms with Crippen molar-refractivity contribution in [3.8, 4) is 0 Å². The van der Waals surface area contributed by atoms with E-state index in [4.69, 9.17) is 4.74 Å². The zero-order valence-corrected chi connectivity index (χ0v) is 14.9. The second-order valence-electron chi connectivity index (χ2n) is 5.59. The van der Waals surface area contributed by atoms with E-state index in [-0.39, 0.29) is 24.8 Å². The molecule has 0 bridgehead atoms. The van der Waals surface area contributed by atoms with E-state index in [1.165, 1.54) is 16.2 Å². The summed E-state index contributed by atoms with van der Waals surface area (Å²) >= 11 is 1.29. The van der Waals surface area contributed by atoms with Crippen LogP contribution in [0.3, 0.4) is 0 Å². The van der Waals surface area contributed by atoms with Gasteiger partial charge in [0.15, 0.2) is 6.61 Å². The Labute approximate surface area is 150 Å². The van der Waals surface area contributed by atoms with Gasteiger partial charge in [0.1, 0.15) is 6.04 Å². The largest absolute Gasteiger partial charge is 0.454 e. The van der Waals surface area contributed by atoms with Crippen molar-refractivity contribution in [3.05, 3.63) is 58.3 Å². The zero-order valence-electron chi connectivity index (χ0n) is 14.1. The number of benzene rings is 1. The van der Waals surface area contributed by atoms with Crippen LogP contribution in [0.1, 0.15) is 15.2 Å². The molecule has 1 aromatic heterocycles. The van der Waals surface area contributed by atoms with Crippen molar-refractivity contribution in [3.63, 3.8) is 0 Å². The summed E-state index contributed by atoms with van der Waals surface area (Å²) < 4.78 is 5.08. The van der Waals surface area contributed by atoms with Gasteiger partial charge in [-0.1, -0.05) is 36.4 Å². The number of carbonyl (C=O) groups excluding carboxylic acids is 3. The van der Waals surface area contributed by atoms with Crippen LogP contribution in [0.25, 0.3) is 0 Å². The lowest BCUT2D eigenvalue weighted by Crippen LogP contribution is -2.44. The number of nitrogens with one attached hydrogen (secondary N) is 1. The van der Waals surface area contributed by atoms with Gasteiger partial charge in [-0.2, -0.15) is 0 Å². The SMILES string of the molecule is CN(C)C(=O)COC(=O)[C@H](Cc1ccccc1)NC(=O)c1cccs1. The first kappa shape index (κ1) is 18.7. The molecule has 0 saturated heterocycles. The fourth-order valence-electron chi connectivity index (χ4n) is 2.04. The van der Waals surface area contributed by atoms with Gasteiger partial charge < -0.3 is 15.0 Å². The van der Waals surface area contributed by atoms with Crippen LogP contribution < -0.4 is 5.32 Å². The third-order valence-electron chi connectivity index (χ3n) is 3.45. The van der Waals surface area contributed by atoms with E-state index in [0.29, 0.717) is 4.88 Å². The van der Waals surface area contributed by atoms with Gasteiger partial charge >= 0.3 is 5.97 Å². The van der Waals surface area contributed by atoms with Gasteiger partial charge in [0.05, 0.1) is 4.88 Å². The summed E-state index contributed by atoms with van der Waals surface area (Å²) in [7, 11) is 3.16. The van der Waals surface area contributed by atoms with Crippen molar-refractivity contribution < 1.29 is 19.1 Å². The van der Waals surface area contributed by atoms with Crippen molar-refractivity contribution in [2.45, 2.75) is 12.5 Å². The molecule has 132 valence electrons. The number of thiophene rings is 1. The summed E-state index contributed by atoms with van der Waals surface area (Å²) in [6.07, 6.45) is 0.285. The number of nitrogens with zero attached hydrogens (tertiary/aromatic N) is 1. The average molecular weight is 360 g/mol. The highest BCUT2D eigenvalue weighted by Gasteiger charge is 2.24. The standard InChI is InChI=1S/C18H20N2O4S/c1-20(2)16(21)12-24-18(23)14(11-13-7-4-3-5-8-13)19-17(22)15-9-6-10-25-15/h3-10,14H,11-12H2,1-2H3,(H,19,22)/t14-/m0/s1. The maximum absolute atomic E-state index is 12.4. The Morgan fingerprint density at radius 1 is 1.12 bits per heavy atom. The number of likely N-dealkylation sites (N-methyl/N-ethyl adjacent to an activating group) is 1. The second kappa shape index (κ2) is 8.98. The van der Waals surface area contributed by atoms with Crippen LogP contribution >= 0.6 is 11.3 Å². The molecular formula is C18H20N2O4S. The highest BCUT2D eigenvalue weighted by Crippen LogP contribution is 2.10. The number of ether oxygens (including phenoxy) is 1. The van der Waals surface area contributed by atoms with Gasteiger partial charge in [-0.15, -0.1) is 11.3 Å². The minimum Gasteiger partial charge on any atom is -0.454 e. The number of carbonyl (C=O) groups is 3. The van der Waals surface area contributed by atoms with E-state index in [1.54, 1.807) is 31.6 Å². The molecule has 25 heavy (non-hydrogen) atoms. The molecule has 6 nitrogen and oxygen atoms in total. The van der Waals surface area contributed by atoms with Gasteiger partial charge in [-0.05, 0) is 17.0 Å². The Kier molecular flexibility index (Phi) is 6.71. The topological polar surface area (TPSA) is 75.7 Å². The molecule has 1 heterocycles. The summed E-state index contributed by atoms with van der Waals surface area (Å²) in [5.41, 5.74) is 0.884. The fraction of sp³-hybridized carbons (Fsp3) is 0.278. The molecule has 7 heteroatoms. The highest BCUT2D eigenvalue weighted by molar-refractivity contribution is 7.12. The molecule has 1 atom stereocenters. The monoisotopic (exact) mass is 360 g/mol. The average Bonchev–Trinajstić information content (AvgIpc) is 3.14. The van der Waals surface area contributed by atoms with Crippen LogP contribution in [0.4, 0.5) is 0 Å². The molecule has 1 N–H and O–H groups in total. The van der Waals surface area contributed by atoms with Crippen molar-refractivity contribution in [1.82, 2.24) is 10.2 Å². The van der Waals surface area contributed by atoms with Gasteiger partial charge in [0.2, 0.25) is 0 Å². The molecule has 0 aliphatic carbocycles. The molecule has 1 aromatic carbocycles. The first-order valence-corrected chi connectivity index (χ1v) is 8.60. The zero-order chi connectivity index (χ0) is 18.2. The quantitative estimate of drug-likeness (QED) is 0.763. The van der Waals surface area contributed by atoms with Crippen molar-refractivity contribution >= 4 is 29.1 Å². The Bertz CT molecular complexity index is 714. The van der Waals surface area contributed by atoms with E-state index in [9.17, 15) is 14.4 Å². The summed E-state index contributed by atoms with van der Waals surface area (Å²) in [6.45, 7) is -0.355. The lowest BCUT2D eigenvalue weighted by molar-refractivity contribution is -0.152. The lowest BCUT2D eigenvalue weighted by atomic mass is 10.1. The summed E-state index contributed by atoms with van der Waals surface area (Å²) in [5.74, 6) is -1.30. The smallest absolute Gasteiger partial charge is 0.329 e. The molecule has 0 unspecified atom stereocenters. The van der Waals surface area contributed by atoms with Gasteiger partial charge in [-0.25, -0.2) is 4.79 Å². The number of esters is 1. The third-order valence-corrected chi connectivity index (χ3v) is 4.32. The molecule has 0 fully saturated rings. The number of hydrogen-bond acceptors (Lipinski definition) is 5. The number of amides is 2. The lowest BCUT2D eigenvalue weighted by Gasteiger charge is -2.18. The fourth-order valence-corrected chi connectivity index (χ4v) is 2.67. The normalized spacial score (nSPS) is 11.4. The van der Waals surface area contributed by atoms with Crippen LogP contribution in [0.2, 0.25) is 0 Å². The first-order valence-electron chi connectivity index (χ1n) is 7.72. The second-order valence-corrected chi connectivity index (χ2v) is 6.54. The molecule has 0 saturated carbocycles. The van der Waals surface area contributed by atoms with Crippen molar-refractivity contribution in [1.29, 1.82) is 0 Å². The summed E-state index contributed by atoms with van der Waals surface area (Å²) in [4.78, 5) is 38.1. The van der Waals surface area contributed by atoms with Crippen LogP contribution in [0.5, 0.6) is 0 Å². The minimum absolute atomic E-state index is 0.285. The van der Waals surface area contributed by atoms with Crippen LogP contribution in [-0.4, -0.2) is 49.4 Å². The maximum atomic E-state index is 12.4. The molecule has 0 radical (unpaired) electrons. The summed E-state index contributed by atoms with van der Waals surface area (Å²) in [5, 5.41) is 4.48. The molecular weight excluding hydrogens is 340 g/mol. The van der Waals surface area contributed by atoms with E-state index in [2.05, 4.69) is 5.32 Å². The Morgan fingerprint density at radius 3 is 2.44 bits per heavy atom. The van der Waals surface area contributed by atoms with E-state index in [1.807, 2.05) is 30.3 Å². The van der Waals surface area contributed by atoms with E-state index < -0.39 is 12.0 Å². The molecule has 0 aliphatic heterocycles. The molecule has 2 amide bonds. The van der Waals surface area contributed by atoms with Crippen molar-refractivity contribution in [2.75, 3.05) is 20.7 Å². The molecule has 2 rings (SSSR count). The third kappa shape index (κ3) is 5.72. The summed E-state index contributed by atoms with van der Waals surface area (Å²) in [6, 6.07) is 11.9. The van der Waals surface area contributed by atoms with Crippen LogP contribution in [0, 0.1) is 0 Å². The Morgan fingerprint density at radius 2 is 1.84 bits per heavy atom. The van der Waals surface area contributed by atoms with Gasteiger partial charge in [0, 0.05) is 20.5 Å². The predicted molar refractivity (Wildman–Crippen MR) is 95.4 cm³/mol. The van der Waals surface area contributed by atoms with E-state index >= 15 is 0 Å². The van der Waals surface area contributed by atoms with Gasteiger partial charge in [-0.3, -0.25) is 9.59 Å². The Balaban J connectivity index is 2.06. The predicted octanol–water partition coefficient (Wildman–Crippen LogP) is 1.72. The molecule has 0 spiro atoms. The highest BCUT2D eigenvalue weighted by atomic mass is 32.1. The van der Waals surface area contributed by atoms with Crippen LogP contribution in [0.15, 0.2) is 47.8 Å². The van der Waals surface area contributed by atoms with Crippen LogP contribution in [-0.2, 0) is 20.7 Å². The minimum atomic E-state index is -0.869. The van der Waals surface area contributed by atoms with E-state index in [0.717, 1.165) is 5.56 Å². The first-order chi connectivity index (χ1) is 12.0. The maximum Gasteiger partial charge on any atom is 0.329 e.